The molecule has 6 heteroatoms. The van der Waals surface area contributed by atoms with Crippen molar-refractivity contribution in [1.29, 1.82) is 5.26 Å². The summed E-state index contributed by atoms with van der Waals surface area (Å²) in [6, 6.07) is 7.70. The van der Waals surface area contributed by atoms with E-state index >= 15 is 0 Å². The molecule has 29 heavy (non-hydrogen) atoms. The van der Waals surface area contributed by atoms with Crippen LogP contribution in [0.2, 0.25) is 0 Å². The van der Waals surface area contributed by atoms with E-state index in [9.17, 15) is 14.4 Å². The van der Waals surface area contributed by atoms with Crippen LogP contribution in [0.15, 0.2) is 18.2 Å². The third kappa shape index (κ3) is 2.43. The quantitative estimate of drug-likeness (QED) is 0.772. The number of rotatable bonds is 2. The number of aromatic nitrogens is 2. The van der Waals surface area contributed by atoms with E-state index in [2.05, 4.69) is 18.1 Å². The first-order valence-corrected chi connectivity index (χ1v) is 10.4. The van der Waals surface area contributed by atoms with Gasteiger partial charge < -0.3 is 4.90 Å². The Balaban J connectivity index is 1.56. The minimum Gasteiger partial charge on any atom is -0.336 e. The molecule has 1 aromatic heterocycles. The summed E-state index contributed by atoms with van der Waals surface area (Å²) in [6.07, 6.45) is 4.37. The largest absolute Gasteiger partial charge is 0.336 e. The lowest BCUT2D eigenvalue weighted by Gasteiger charge is -2.64. The van der Waals surface area contributed by atoms with E-state index in [1.165, 1.54) is 6.07 Å². The van der Waals surface area contributed by atoms with E-state index in [4.69, 9.17) is 0 Å². The molecule has 4 aliphatic rings. The average molecular weight is 394 g/mol. The van der Waals surface area contributed by atoms with Crippen molar-refractivity contribution in [3.63, 3.8) is 0 Å². The highest BCUT2D eigenvalue weighted by molar-refractivity contribution is 5.94. The lowest BCUT2D eigenvalue weighted by Crippen LogP contribution is -2.67. The fourth-order valence-electron chi connectivity index (χ4n) is 6.74. The van der Waals surface area contributed by atoms with E-state index in [1.54, 1.807) is 17.8 Å². The summed E-state index contributed by atoms with van der Waals surface area (Å²) >= 11 is 0. The smallest absolute Gasteiger partial charge is 0.234 e. The zero-order valence-corrected chi connectivity index (χ0v) is 17.5. The normalized spacial score (nSPS) is 33.3. The molecule has 1 aromatic carbocycles. The number of carbonyl (C=O) groups excluding carboxylic acids is 1. The van der Waals surface area contributed by atoms with Crippen molar-refractivity contribution in [1.82, 2.24) is 14.7 Å². The first kappa shape index (κ1) is 18.6. The molecule has 2 atom stereocenters. The molecule has 0 spiro atoms. The van der Waals surface area contributed by atoms with Crippen LogP contribution < -0.4 is 0 Å². The molecule has 4 bridgehead atoms. The van der Waals surface area contributed by atoms with E-state index < -0.39 is 5.41 Å². The minimum atomic E-state index is -0.947. The fraction of sp³-hybridized carbons (Fsp3) is 0.609. The van der Waals surface area contributed by atoms with Gasteiger partial charge in [-0.1, -0.05) is 13.0 Å². The molecule has 6 rings (SSSR count). The van der Waals surface area contributed by atoms with E-state index in [0.717, 1.165) is 32.1 Å². The van der Waals surface area contributed by atoms with Gasteiger partial charge in [0.25, 0.3) is 0 Å². The fourth-order valence-corrected chi connectivity index (χ4v) is 6.74. The topological polar surface area (TPSA) is 61.9 Å². The Bertz CT molecular complexity index is 1060. The molecule has 2 aromatic rings. The van der Waals surface area contributed by atoms with Gasteiger partial charge in [0, 0.05) is 19.1 Å². The van der Waals surface area contributed by atoms with Crippen LogP contribution in [0, 0.1) is 28.0 Å². The van der Waals surface area contributed by atoms with Crippen molar-refractivity contribution in [2.45, 2.75) is 70.4 Å². The van der Waals surface area contributed by atoms with Gasteiger partial charge >= 0.3 is 0 Å². The van der Waals surface area contributed by atoms with Crippen molar-refractivity contribution in [3.05, 3.63) is 29.7 Å². The number of hydrogen-bond donors (Lipinski definition) is 0. The molecule has 1 amide bonds. The summed E-state index contributed by atoms with van der Waals surface area (Å²) in [5, 5.41) is 14.9. The second-order valence-electron chi connectivity index (χ2n) is 10.4. The van der Waals surface area contributed by atoms with Crippen LogP contribution in [0.25, 0.3) is 10.9 Å². The molecule has 2 aliphatic heterocycles. The third-order valence-electron chi connectivity index (χ3n) is 7.69. The maximum absolute atomic E-state index is 14.7. The summed E-state index contributed by atoms with van der Waals surface area (Å²) < 4.78 is 16.4. The zero-order chi connectivity index (χ0) is 20.8. The number of amides is 1. The number of benzene rings is 1. The summed E-state index contributed by atoms with van der Waals surface area (Å²) in [4.78, 5) is 15.9. The van der Waals surface area contributed by atoms with Gasteiger partial charge in [-0.05, 0) is 63.5 Å². The number of carbonyl (C=O) groups is 1. The number of nitrogens with zero attached hydrogens (tertiary/aromatic N) is 4. The van der Waals surface area contributed by atoms with Crippen molar-refractivity contribution in [2.75, 3.05) is 0 Å². The standard InChI is InChI=1S/C23H27FN4O/c1-21(2,19-18-16(24)6-5-7-17(18)27(4)26-19)20(29)28-14-8-22(3)9-15(28)11-23(10-14,12-22)13-25/h5-7,14-15H,8-12H2,1-4H3. The molecule has 152 valence electrons. The lowest BCUT2D eigenvalue weighted by molar-refractivity contribution is -0.168. The van der Waals surface area contributed by atoms with Gasteiger partial charge in [0.1, 0.15) is 5.82 Å². The van der Waals surface area contributed by atoms with Crippen LogP contribution in [-0.4, -0.2) is 32.7 Å². The van der Waals surface area contributed by atoms with Crippen LogP contribution in [0.1, 0.15) is 58.6 Å². The van der Waals surface area contributed by atoms with Gasteiger partial charge in [-0.15, -0.1) is 0 Å². The summed E-state index contributed by atoms with van der Waals surface area (Å²) in [5.41, 5.74) is 0.0973. The molecule has 0 N–H and O–H groups in total. The Morgan fingerprint density at radius 1 is 1.28 bits per heavy atom. The summed E-state index contributed by atoms with van der Waals surface area (Å²) in [5.74, 6) is -0.339. The van der Waals surface area contributed by atoms with Gasteiger partial charge in [-0.3, -0.25) is 9.48 Å². The molecule has 5 nitrogen and oxygen atoms in total. The van der Waals surface area contributed by atoms with Crippen LogP contribution in [0.3, 0.4) is 0 Å². The van der Waals surface area contributed by atoms with Crippen molar-refractivity contribution < 1.29 is 9.18 Å². The van der Waals surface area contributed by atoms with Gasteiger partial charge in [-0.25, -0.2) is 4.39 Å². The number of hydrogen-bond acceptors (Lipinski definition) is 3. The van der Waals surface area contributed by atoms with Crippen LogP contribution in [-0.2, 0) is 17.3 Å². The molecule has 3 heterocycles. The monoisotopic (exact) mass is 394 g/mol. The predicted octanol–water partition coefficient (Wildman–Crippen LogP) is 4.06. The predicted molar refractivity (Wildman–Crippen MR) is 107 cm³/mol. The maximum atomic E-state index is 14.7. The van der Waals surface area contributed by atoms with Crippen LogP contribution in [0.4, 0.5) is 4.39 Å². The SMILES string of the molecule is Cn1nc(C(C)(C)C(=O)N2C3CC4(C)CC2CC(C#N)(C3)C4)c2c(F)cccc21. The number of halogens is 1. The Hall–Kier alpha value is -2.42. The number of aryl methyl sites for hydroxylation is 1. The van der Waals surface area contributed by atoms with Crippen molar-refractivity contribution in [2.24, 2.45) is 17.9 Å². The molecule has 4 fully saturated rings. The lowest BCUT2D eigenvalue weighted by atomic mass is 9.50. The Labute approximate surface area is 170 Å². The van der Waals surface area contributed by atoms with Crippen LogP contribution >= 0.6 is 0 Å². The van der Waals surface area contributed by atoms with Gasteiger partial charge in [0.2, 0.25) is 5.91 Å². The molecular weight excluding hydrogens is 367 g/mol. The van der Waals surface area contributed by atoms with Gasteiger partial charge in [0.15, 0.2) is 0 Å². The second kappa shape index (κ2) is 5.59. The molecule has 0 radical (unpaired) electrons. The number of piperidine rings is 2. The molecule has 2 aliphatic carbocycles. The molecule has 2 unspecified atom stereocenters. The third-order valence-corrected chi connectivity index (χ3v) is 7.69. The van der Waals surface area contributed by atoms with E-state index in [-0.39, 0.29) is 34.6 Å². The first-order chi connectivity index (χ1) is 13.6. The Kier molecular flexibility index (Phi) is 3.59. The maximum Gasteiger partial charge on any atom is 0.234 e. The molecule has 2 saturated heterocycles. The van der Waals surface area contributed by atoms with E-state index in [0.29, 0.717) is 16.6 Å². The van der Waals surface area contributed by atoms with Gasteiger partial charge in [-0.2, -0.15) is 10.4 Å². The summed E-state index contributed by atoms with van der Waals surface area (Å²) in [7, 11) is 1.78. The van der Waals surface area contributed by atoms with Crippen LogP contribution in [0.5, 0.6) is 0 Å². The summed E-state index contributed by atoms with van der Waals surface area (Å²) in [6.45, 7) is 5.98. The average Bonchev–Trinajstić information content (AvgIpc) is 2.99. The van der Waals surface area contributed by atoms with Crippen molar-refractivity contribution >= 4 is 16.8 Å². The van der Waals surface area contributed by atoms with E-state index in [1.807, 2.05) is 24.8 Å². The zero-order valence-electron chi connectivity index (χ0n) is 17.5. The highest BCUT2D eigenvalue weighted by atomic mass is 19.1. The second-order valence-corrected chi connectivity index (χ2v) is 10.4. The molecular formula is C23H27FN4O. The molecule has 2 saturated carbocycles. The number of nitriles is 1. The first-order valence-electron chi connectivity index (χ1n) is 10.4. The highest BCUT2D eigenvalue weighted by Crippen LogP contribution is 2.61. The van der Waals surface area contributed by atoms with Crippen molar-refractivity contribution in [3.8, 4) is 6.07 Å². The number of fused-ring (bicyclic) bond motifs is 1. The Morgan fingerprint density at radius 2 is 1.93 bits per heavy atom. The Morgan fingerprint density at radius 3 is 2.55 bits per heavy atom. The highest BCUT2D eigenvalue weighted by Gasteiger charge is 2.61. The van der Waals surface area contributed by atoms with Gasteiger partial charge in [0.05, 0.1) is 33.5 Å². The minimum absolute atomic E-state index is 0.00578.